The molecule has 1 rings (SSSR count). The maximum Gasteiger partial charge on any atom is 0.270 e. The zero-order valence-corrected chi connectivity index (χ0v) is 9.90. The number of pyridine rings is 1. The highest BCUT2D eigenvalue weighted by atomic mass is 16.1. The van der Waals surface area contributed by atoms with Crippen LogP contribution >= 0.6 is 0 Å². The zero-order chi connectivity index (χ0) is 12.1. The van der Waals surface area contributed by atoms with Gasteiger partial charge in [0.2, 0.25) is 0 Å². The van der Waals surface area contributed by atoms with E-state index in [-0.39, 0.29) is 11.9 Å². The van der Waals surface area contributed by atoms with Gasteiger partial charge in [0.15, 0.2) is 0 Å². The Morgan fingerprint density at radius 1 is 1.62 bits per heavy atom. The Kier molecular flexibility index (Phi) is 4.25. The lowest BCUT2D eigenvalue weighted by atomic mass is 10.2. The molecule has 0 fully saturated rings. The van der Waals surface area contributed by atoms with Gasteiger partial charge in [-0.15, -0.1) is 0 Å². The molecule has 0 saturated carbocycles. The molecule has 1 unspecified atom stereocenters. The number of carbonyl (C=O) groups is 1. The fourth-order valence-electron chi connectivity index (χ4n) is 1.46. The topological polar surface area (TPSA) is 71.2 Å². The van der Waals surface area contributed by atoms with Crippen molar-refractivity contribution in [3.8, 4) is 0 Å². The average Bonchev–Trinajstić information content (AvgIpc) is 2.16. The molecule has 1 heterocycles. The number of anilines is 1. The van der Waals surface area contributed by atoms with E-state index in [2.05, 4.69) is 10.3 Å². The van der Waals surface area contributed by atoms with E-state index >= 15 is 0 Å². The van der Waals surface area contributed by atoms with Crippen LogP contribution in [0.2, 0.25) is 0 Å². The van der Waals surface area contributed by atoms with Crippen molar-refractivity contribution in [2.45, 2.75) is 13.0 Å². The van der Waals surface area contributed by atoms with E-state index in [1.54, 1.807) is 12.1 Å². The maximum atomic E-state index is 11.7. The predicted octanol–water partition coefficient (Wildman–Crippen LogP) is 0.344. The molecule has 0 aromatic carbocycles. The Balaban J connectivity index is 2.59. The highest BCUT2D eigenvalue weighted by Crippen LogP contribution is 2.02. The van der Waals surface area contributed by atoms with Gasteiger partial charge in [-0.05, 0) is 33.2 Å². The first kappa shape index (κ1) is 12.4. The van der Waals surface area contributed by atoms with Crippen LogP contribution < -0.4 is 11.1 Å². The highest BCUT2D eigenvalue weighted by molar-refractivity contribution is 5.93. The van der Waals surface area contributed by atoms with Crippen molar-refractivity contribution >= 4 is 11.6 Å². The number of amides is 1. The van der Waals surface area contributed by atoms with Crippen LogP contribution in [0.3, 0.4) is 0 Å². The number of aromatic nitrogens is 1. The van der Waals surface area contributed by atoms with Gasteiger partial charge in [-0.1, -0.05) is 0 Å². The van der Waals surface area contributed by atoms with Crippen molar-refractivity contribution in [1.82, 2.24) is 15.2 Å². The van der Waals surface area contributed by atoms with Crippen molar-refractivity contribution in [3.05, 3.63) is 24.0 Å². The van der Waals surface area contributed by atoms with Gasteiger partial charge >= 0.3 is 0 Å². The Labute approximate surface area is 95.7 Å². The molecule has 0 spiro atoms. The lowest BCUT2D eigenvalue weighted by Gasteiger charge is -2.18. The summed E-state index contributed by atoms with van der Waals surface area (Å²) in [7, 11) is 3.92. The SMILES string of the molecule is CC(CN(C)C)NC(=O)c1cc(N)ccn1. The Bertz CT molecular complexity index is 365. The molecule has 0 aliphatic heterocycles. The first-order valence-corrected chi connectivity index (χ1v) is 5.16. The summed E-state index contributed by atoms with van der Waals surface area (Å²) in [5.41, 5.74) is 6.47. The summed E-state index contributed by atoms with van der Waals surface area (Å²) in [5.74, 6) is -0.193. The second-order valence-electron chi connectivity index (χ2n) is 4.11. The normalized spacial score (nSPS) is 12.5. The third kappa shape index (κ3) is 3.86. The first-order valence-electron chi connectivity index (χ1n) is 5.16. The smallest absolute Gasteiger partial charge is 0.270 e. The number of carbonyl (C=O) groups excluding carboxylic acids is 1. The fourth-order valence-corrected chi connectivity index (χ4v) is 1.46. The number of rotatable bonds is 4. The quantitative estimate of drug-likeness (QED) is 0.771. The van der Waals surface area contributed by atoms with Gasteiger partial charge in [0, 0.05) is 24.5 Å². The molecule has 0 bridgehead atoms. The van der Waals surface area contributed by atoms with E-state index in [0.717, 1.165) is 6.54 Å². The number of nitrogens with zero attached hydrogens (tertiary/aromatic N) is 2. The summed E-state index contributed by atoms with van der Waals surface area (Å²) >= 11 is 0. The van der Waals surface area contributed by atoms with E-state index in [1.165, 1.54) is 6.20 Å². The number of nitrogens with two attached hydrogens (primary N) is 1. The molecular formula is C11H18N4O. The summed E-state index contributed by atoms with van der Waals surface area (Å²) in [4.78, 5) is 17.7. The minimum Gasteiger partial charge on any atom is -0.399 e. The summed E-state index contributed by atoms with van der Waals surface area (Å²) in [6.07, 6.45) is 1.53. The number of hydrogen-bond acceptors (Lipinski definition) is 4. The zero-order valence-electron chi connectivity index (χ0n) is 9.90. The summed E-state index contributed by atoms with van der Waals surface area (Å²) in [6, 6.07) is 3.29. The summed E-state index contributed by atoms with van der Waals surface area (Å²) in [5, 5.41) is 2.86. The average molecular weight is 222 g/mol. The van der Waals surface area contributed by atoms with Gasteiger partial charge in [0.1, 0.15) is 5.69 Å². The van der Waals surface area contributed by atoms with Crippen molar-refractivity contribution in [1.29, 1.82) is 0 Å². The molecular weight excluding hydrogens is 204 g/mol. The van der Waals surface area contributed by atoms with Crippen molar-refractivity contribution < 1.29 is 4.79 Å². The van der Waals surface area contributed by atoms with Crippen LogP contribution in [0.4, 0.5) is 5.69 Å². The van der Waals surface area contributed by atoms with Gasteiger partial charge in [-0.2, -0.15) is 0 Å². The van der Waals surface area contributed by atoms with E-state index in [1.807, 2.05) is 25.9 Å². The lowest BCUT2D eigenvalue weighted by molar-refractivity contribution is 0.0929. The molecule has 1 aromatic rings. The number of nitrogens with one attached hydrogen (secondary N) is 1. The number of likely N-dealkylation sites (N-methyl/N-ethyl adjacent to an activating group) is 1. The molecule has 1 atom stereocenters. The van der Waals surface area contributed by atoms with Gasteiger partial charge in [-0.25, -0.2) is 0 Å². The van der Waals surface area contributed by atoms with E-state index in [0.29, 0.717) is 11.4 Å². The predicted molar refractivity (Wildman–Crippen MR) is 64.1 cm³/mol. The first-order chi connectivity index (χ1) is 7.49. The van der Waals surface area contributed by atoms with E-state index < -0.39 is 0 Å². The minimum atomic E-state index is -0.193. The second kappa shape index (κ2) is 5.46. The molecule has 0 saturated heterocycles. The van der Waals surface area contributed by atoms with E-state index in [9.17, 15) is 4.79 Å². The molecule has 16 heavy (non-hydrogen) atoms. The number of hydrogen-bond donors (Lipinski definition) is 2. The molecule has 5 nitrogen and oxygen atoms in total. The lowest BCUT2D eigenvalue weighted by Crippen LogP contribution is -2.39. The third-order valence-corrected chi connectivity index (χ3v) is 2.03. The number of nitrogen functional groups attached to an aromatic ring is 1. The second-order valence-corrected chi connectivity index (χ2v) is 4.11. The van der Waals surface area contributed by atoms with Gasteiger partial charge in [0.25, 0.3) is 5.91 Å². The van der Waals surface area contributed by atoms with Crippen LogP contribution in [0.15, 0.2) is 18.3 Å². The molecule has 1 aromatic heterocycles. The molecule has 1 amide bonds. The van der Waals surface area contributed by atoms with Crippen molar-refractivity contribution in [2.75, 3.05) is 26.4 Å². The maximum absolute atomic E-state index is 11.7. The molecule has 88 valence electrons. The van der Waals surface area contributed by atoms with Crippen LogP contribution in [-0.2, 0) is 0 Å². The summed E-state index contributed by atoms with van der Waals surface area (Å²) < 4.78 is 0. The van der Waals surface area contributed by atoms with Gasteiger partial charge in [-0.3, -0.25) is 9.78 Å². The van der Waals surface area contributed by atoms with Crippen LogP contribution in [0, 0.1) is 0 Å². The van der Waals surface area contributed by atoms with E-state index in [4.69, 9.17) is 5.73 Å². The van der Waals surface area contributed by atoms with Crippen molar-refractivity contribution in [3.63, 3.8) is 0 Å². The monoisotopic (exact) mass is 222 g/mol. The van der Waals surface area contributed by atoms with Crippen LogP contribution in [-0.4, -0.2) is 42.5 Å². The fraction of sp³-hybridized carbons (Fsp3) is 0.455. The molecule has 0 aliphatic carbocycles. The van der Waals surface area contributed by atoms with Crippen LogP contribution in [0.5, 0.6) is 0 Å². The van der Waals surface area contributed by atoms with Crippen LogP contribution in [0.1, 0.15) is 17.4 Å². The van der Waals surface area contributed by atoms with Gasteiger partial charge < -0.3 is 16.0 Å². The van der Waals surface area contributed by atoms with Crippen molar-refractivity contribution in [2.24, 2.45) is 0 Å². The highest BCUT2D eigenvalue weighted by Gasteiger charge is 2.11. The standard InChI is InChI=1S/C11H18N4O/c1-8(7-15(2)3)14-11(16)10-6-9(12)4-5-13-10/h4-6,8H,7H2,1-3H3,(H2,12,13)(H,14,16). The Hall–Kier alpha value is -1.62. The summed E-state index contributed by atoms with van der Waals surface area (Å²) in [6.45, 7) is 2.73. The Morgan fingerprint density at radius 3 is 2.88 bits per heavy atom. The van der Waals surface area contributed by atoms with Crippen LogP contribution in [0.25, 0.3) is 0 Å². The molecule has 0 aliphatic rings. The Morgan fingerprint density at radius 2 is 2.31 bits per heavy atom. The largest absolute Gasteiger partial charge is 0.399 e. The molecule has 5 heteroatoms. The minimum absolute atomic E-state index is 0.0748. The van der Waals surface area contributed by atoms with Gasteiger partial charge in [0.05, 0.1) is 0 Å². The third-order valence-electron chi connectivity index (χ3n) is 2.03. The molecule has 3 N–H and O–H groups in total. The molecule has 0 radical (unpaired) electrons.